The quantitative estimate of drug-likeness (QED) is 0.476. The van der Waals surface area contributed by atoms with E-state index in [0.29, 0.717) is 5.56 Å². The first-order valence-electron chi connectivity index (χ1n) is 9.14. The van der Waals surface area contributed by atoms with Gasteiger partial charge >= 0.3 is 0 Å². The first-order chi connectivity index (χ1) is 15.3. The molecule has 1 aliphatic heterocycles. The molecule has 0 saturated heterocycles. The van der Waals surface area contributed by atoms with E-state index < -0.39 is 27.6 Å². The van der Waals surface area contributed by atoms with Crippen molar-refractivity contribution in [3.8, 4) is 6.07 Å². The van der Waals surface area contributed by atoms with Crippen molar-refractivity contribution in [2.45, 2.75) is 12.3 Å². The summed E-state index contributed by atoms with van der Waals surface area (Å²) in [4.78, 5) is 45.5. The lowest BCUT2D eigenvalue weighted by Crippen LogP contribution is -2.31. The van der Waals surface area contributed by atoms with Crippen LogP contribution in [0.1, 0.15) is 17.9 Å². The minimum Gasteiger partial charge on any atom is -0.320 e. The van der Waals surface area contributed by atoms with E-state index in [-0.39, 0.29) is 39.8 Å². The standard InChI is InChI=1S/C20H15N5O6S/c21-10-15-14(12-4-3-5-13(8-12)24(28)29)9-18(26)23-20(15)32-11-19(27)22-16-6-1-2-7-17(16)25(30)31/h1-8,14H,9,11H2,(H,22,27)(H,23,26)/t14-/m1/s1. The number of nitro benzene ring substituents is 2. The molecule has 2 aromatic rings. The number of nitro groups is 2. The van der Waals surface area contributed by atoms with Gasteiger partial charge in [-0.2, -0.15) is 5.26 Å². The number of hydrogen-bond acceptors (Lipinski definition) is 8. The predicted octanol–water partition coefficient (Wildman–Crippen LogP) is 3.21. The van der Waals surface area contributed by atoms with Gasteiger partial charge in [0.2, 0.25) is 11.8 Å². The second-order valence-corrected chi connectivity index (χ2v) is 7.61. The molecule has 32 heavy (non-hydrogen) atoms. The summed E-state index contributed by atoms with van der Waals surface area (Å²) >= 11 is 0.894. The second kappa shape index (κ2) is 9.71. The van der Waals surface area contributed by atoms with E-state index in [2.05, 4.69) is 10.6 Å². The van der Waals surface area contributed by atoms with Gasteiger partial charge in [-0.15, -0.1) is 0 Å². The number of anilines is 1. The molecular formula is C20H15N5O6S. The number of nitriles is 1. The highest BCUT2D eigenvalue weighted by Gasteiger charge is 2.30. The molecule has 0 unspecified atom stereocenters. The van der Waals surface area contributed by atoms with Crippen LogP contribution >= 0.6 is 11.8 Å². The molecule has 2 aromatic carbocycles. The van der Waals surface area contributed by atoms with Crippen molar-refractivity contribution in [2.75, 3.05) is 11.1 Å². The molecule has 1 heterocycles. The minimum atomic E-state index is -0.700. The average molecular weight is 453 g/mol. The highest BCUT2D eigenvalue weighted by molar-refractivity contribution is 8.03. The largest absolute Gasteiger partial charge is 0.320 e. The fourth-order valence-electron chi connectivity index (χ4n) is 3.14. The Bertz CT molecular complexity index is 1190. The Kier molecular flexibility index (Phi) is 6.81. The Morgan fingerprint density at radius 3 is 2.62 bits per heavy atom. The maximum atomic E-state index is 12.3. The molecule has 0 aromatic heterocycles. The molecule has 0 fully saturated rings. The van der Waals surface area contributed by atoms with E-state index in [1.807, 2.05) is 6.07 Å². The first-order valence-corrected chi connectivity index (χ1v) is 10.1. The molecule has 0 bridgehead atoms. The summed E-state index contributed by atoms with van der Waals surface area (Å²) in [6.45, 7) is 0. The van der Waals surface area contributed by atoms with Crippen LogP contribution in [0.2, 0.25) is 0 Å². The van der Waals surface area contributed by atoms with Crippen molar-refractivity contribution in [3.05, 3.63) is 84.9 Å². The van der Waals surface area contributed by atoms with Gasteiger partial charge < -0.3 is 10.6 Å². The van der Waals surface area contributed by atoms with Crippen LogP contribution in [0.5, 0.6) is 0 Å². The van der Waals surface area contributed by atoms with Crippen LogP contribution in [-0.4, -0.2) is 27.4 Å². The first kappa shape index (κ1) is 22.4. The summed E-state index contributed by atoms with van der Waals surface area (Å²) in [5.74, 6) is -1.90. The molecule has 2 amide bonds. The van der Waals surface area contributed by atoms with Gasteiger partial charge in [0.1, 0.15) is 5.69 Å². The second-order valence-electron chi connectivity index (χ2n) is 6.62. The van der Waals surface area contributed by atoms with Crippen molar-refractivity contribution >= 4 is 40.6 Å². The summed E-state index contributed by atoms with van der Waals surface area (Å²) in [6, 6.07) is 13.4. The van der Waals surface area contributed by atoms with Crippen LogP contribution in [0.15, 0.2) is 59.1 Å². The average Bonchev–Trinajstić information content (AvgIpc) is 2.77. The van der Waals surface area contributed by atoms with Crippen molar-refractivity contribution < 1.29 is 19.4 Å². The third-order valence-corrected chi connectivity index (χ3v) is 5.58. The molecule has 1 aliphatic rings. The number of para-hydroxylation sites is 2. The topological polar surface area (TPSA) is 168 Å². The Morgan fingerprint density at radius 2 is 1.94 bits per heavy atom. The van der Waals surface area contributed by atoms with E-state index in [9.17, 15) is 35.1 Å². The highest BCUT2D eigenvalue weighted by atomic mass is 32.2. The minimum absolute atomic E-state index is 0.0275. The number of benzene rings is 2. The number of allylic oxidation sites excluding steroid dienone is 1. The smallest absolute Gasteiger partial charge is 0.292 e. The molecule has 3 rings (SSSR count). The number of amides is 2. The number of nitrogens with one attached hydrogen (secondary N) is 2. The molecule has 12 heteroatoms. The van der Waals surface area contributed by atoms with Gasteiger partial charge in [-0.3, -0.25) is 29.8 Å². The number of rotatable bonds is 7. The number of carbonyl (C=O) groups excluding carboxylic acids is 2. The number of carbonyl (C=O) groups is 2. The van der Waals surface area contributed by atoms with Gasteiger partial charge in [0.15, 0.2) is 0 Å². The summed E-state index contributed by atoms with van der Waals surface area (Å²) in [6.07, 6.45) is -0.0729. The lowest BCUT2D eigenvalue weighted by molar-refractivity contribution is -0.385. The third kappa shape index (κ3) is 5.08. The van der Waals surface area contributed by atoms with E-state index in [1.54, 1.807) is 6.07 Å². The van der Waals surface area contributed by atoms with Gasteiger partial charge in [0, 0.05) is 30.5 Å². The van der Waals surface area contributed by atoms with Crippen LogP contribution in [0.25, 0.3) is 0 Å². The van der Waals surface area contributed by atoms with Gasteiger partial charge in [-0.05, 0) is 11.6 Å². The highest BCUT2D eigenvalue weighted by Crippen LogP contribution is 2.37. The molecular weight excluding hydrogens is 438 g/mol. The molecule has 2 N–H and O–H groups in total. The van der Waals surface area contributed by atoms with Crippen LogP contribution in [0.4, 0.5) is 17.1 Å². The predicted molar refractivity (Wildman–Crippen MR) is 115 cm³/mol. The van der Waals surface area contributed by atoms with Crippen LogP contribution in [0.3, 0.4) is 0 Å². The number of non-ortho nitro benzene ring substituents is 1. The monoisotopic (exact) mass is 453 g/mol. The van der Waals surface area contributed by atoms with Gasteiger partial charge in [0.25, 0.3) is 11.4 Å². The molecule has 11 nitrogen and oxygen atoms in total. The normalized spacial score (nSPS) is 15.5. The van der Waals surface area contributed by atoms with Gasteiger partial charge in [-0.25, -0.2) is 0 Å². The SMILES string of the molecule is N#CC1=C(SCC(=O)Nc2ccccc2[N+](=O)[O-])NC(=O)C[C@@H]1c1cccc([N+](=O)[O-])c1. The lowest BCUT2D eigenvalue weighted by Gasteiger charge is -2.24. The Hall–Kier alpha value is -4.24. The molecule has 0 spiro atoms. The number of hydrogen-bond donors (Lipinski definition) is 2. The Balaban J connectivity index is 1.80. The van der Waals surface area contributed by atoms with E-state index in [1.165, 1.54) is 42.5 Å². The van der Waals surface area contributed by atoms with Crippen LogP contribution in [-0.2, 0) is 9.59 Å². The van der Waals surface area contributed by atoms with E-state index in [4.69, 9.17) is 0 Å². The lowest BCUT2D eigenvalue weighted by atomic mass is 9.87. The fourth-order valence-corrected chi connectivity index (χ4v) is 4.01. The molecule has 0 radical (unpaired) electrons. The zero-order chi connectivity index (χ0) is 23.3. The van der Waals surface area contributed by atoms with Crippen molar-refractivity contribution in [1.82, 2.24) is 5.32 Å². The number of thioether (sulfide) groups is 1. The molecule has 0 aliphatic carbocycles. The van der Waals surface area contributed by atoms with E-state index in [0.717, 1.165) is 11.8 Å². The van der Waals surface area contributed by atoms with Crippen molar-refractivity contribution in [1.29, 1.82) is 5.26 Å². The number of nitrogens with zero attached hydrogens (tertiary/aromatic N) is 3. The fraction of sp³-hybridized carbons (Fsp3) is 0.150. The van der Waals surface area contributed by atoms with Crippen LogP contribution < -0.4 is 10.6 Å². The maximum absolute atomic E-state index is 12.3. The van der Waals surface area contributed by atoms with Crippen LogP contribution in [0, 0.1) is 31.6 Å². The summed E-state index contributed by atoms with van der Waals surface area (Å²) < 4.78 is 0. The Labute approximate surface area is 185 Å². The van der Waals surface area contributed by atoms with Gasteiger partial charge in [-0.1, -0.05) is 36.0 Å². The molecule has 1 atom stereocenters. The molecule has 0 saturated carbocycles. The zero-order valence-corrected chi connectivity index (χ0v) is 17.1. The van der Waals surface area contributed by atoms with Gasteiger partial charge in [0.05, 0.1) is 32.3 Å². The van der Waals surface area contributed by atoms with Crippen molar-refractivity contribution in [2.24, 2.45) is 0 Å². The van der Waals surface area contributed by atoms with Crippen molar-refractivity contribution in [3.63, 3.8) is 0 Å². The zero-order valence-electron chi connectivity index (χ0n) is 16.3. The summed E-state index contributed by atoms with van der Waals surface area (Å²) in [7, 11) is 0. The molecule has 162 valence electrons. The maximum Gasteiger partial charge on any atom is 0.292 e. The van der Waals surface area contributed by atoms with E-state index >= 15 is 0 Å². The summed E-state index contributed by atoms with van der Waals surface area (Å²) in [5.41, 5.74) is 0.213. The summed E-state index contributed by atoms with van der Waals surface area (Å²) in [5, 5.41) is 37.0. The third-order valence-electron chi connectivity index (χ3n) is 4.56. The Morgan fingerprint density at radius 1 is 1.19 bits per heavy atom.